The van der Waals surface area contributed by atoms with Gasteiger partial charge in [0.15, 0.2) is 0 Å². The van der Waals surface area contributed by atoms with Crippen molar-refractivity contribution in [1.29, 1.82) is 0 Å². The molecule has 0 radical (unpaired) electrons. The average Bonchev–Trinajstić information content (AvgIpc) is 2.84. The summed E-state index contributed by atoms with van der Waals surface area (Å²) in [5.41, 5.74) is -0.833. The van der Waals surface area contributed by atoms with Crippen LogP contribution in [-0.4, -0.2) is 69.8 Å². The van der Waals surface area contributed by atoms with Gasteiger partial charge in [0.1, 0.15) is 5.54 Å². The van der Waals surface area contributed by atoms with Gasteiger partial charge in [-0.05, 0) is 24.6 Å². The maximum Gasteiger partial charge on any atom is 0.261 e. The minimum atomic E-state index is -1.49. The van der Waals surface area contributed by atoms with E-state index in [1.54, 1.807) is 18.2 Å². The van der Waals surface area contributed by atoms with Crippen molar-refractivity contribution in [2.75, 3.05) is 26.4 Å². The zero-order valence-corrected chi connectivity index (χ0v) is 15.0. The Hall–Kier alpha value is -1.81. The van der Waals surface area contributed by atoms with Crippen LogP contribution in [0.15, 0.2) is 22.7 Å². The van der Waals surface area contributed by atoms with Crippen LogP contribution in [0.5, 0.6) is 0 Å². The zero-order chi connectivity index (χ0) is 18.6. The molecule has 2 rings (SSSR count). The van der Waals surface area contributed by atoms with Crippen LogP contribution in [0, 0.1) is 0 Å². The molecule has 1 heterocycles. The van der Waals surface area contributed by atoms with E-state index in [1.165, 1.54) is 0 Å². The molecule has 0 spiro atoms. The van der Waals surface area contributed by atoms with Crippen LogP contribution in [-0.2, 0) is 4.79 Å². The first kappa shape index (κ1) is 19.5. The maximum atomic E-state index is 12.3. The predicted octanol–water partition coefficient (Wildman–Crippen LogP) is -0.343. The summed E-state index contributed by atoms with van der Waals surface area (Å²) in [4.78, 5) is 37.5. The van der Waals surface area contributed by atoms with Crippen LogP contribution < -0.4 is 5.32 Å². The number of fused-ring (bicyclic) bond motifs is 1. The fourth-order valence-electron chi connectivity index (χ4n) is 2.49. The van der Waals surface area contributed by atoms with Crippen molar-refractivity contribution in [3.05, 3.63) is 33.8 Å². The molecule has 3 amide bonds. The van der Waals surface area contributed by atoms with Gasteiger partial charge < -0.3 is 20.6 Å². The molecule has 1 aliphatic rings. The molecule has 0 aromatic heterocycles. The van der Waals surface area contributed by atoms with Gasteiger partial charge >= 0.3 is 0 Å². The van der Waals surface area contributed by atoms with Crippen molar-refractivity contribution in [1.82, 2.24) is 10.2 Å². The first-order chi connectivity index (χ1) is 11.9. The van der Waals surface area contributed by atoms with Crippen molar-refractivity contribution < 1.29 is 29.7 Å². The van der Waals surface area contributed by atoms with Gasteiger partial charge in [0, 0.05) is 17.4 Å². The predicted molar refractivity (Wildman–Crippen MR) is 90.9 cm³/mol. The minimum absolute atomic E-state index is 0.0289. The molecular weight excluding hydrogens is 396 g/mol. The van der Waals surface area contributed by atoms with Crippen LogP contribution in [0.25, 0.3) is 0 Å². The van der Waals surface area contributed by atoms with Gasteiger partial charge in [-0.2, -0.15) is 0 Å². The maximum absolute atomic E-state index is 12.3. The quantitative estimate of drug-likeness (QED) is 0.430. The summed E-state index contributed by atoms with van der Waals surface area (Å²) in [6.45, 7) is -1.77. The number of carbonyl (C=O) groups is 3. The molecule has 0 unspecified atom stereocenters. The molecule has 0 bridgehead atoms. The molecule has 0 aliphatic carbocycles. The van der Waals surface area contributed by atoms with Gasteiger partial charge in [-0.25, -0.2) is 0 Å². The lowest BCUT2D eigenvalue weighted by atomic mass is 10.0. The monoisotopic (exact) mass is 414 g/mol. The van der Waals surface area contributed by atoms with Gasteiger partial charge in [0.2, 0.25) is 5.91 Å². The summed E-state index contributed by atoms with van der Waals surface area (Å²) in [6.07, 6.45) is 0.190. The molecule has 0 saturated carbocycles. The number of benzene rings is 1. The second-order valence-corrected chi connectivity index (χ2v) is 6.77. The molecule has 25 heavy (non-hydrogen) atoms. The Morgan fingerprint density at radius 3 is 2.28 bits per heavy atom. The summed E-state index contributed by atoms with van der Waals surface area (Å²) < 4.78 is 0.696. The van der Waals surface area contributed by atoms with Crippen molar-refractivity contribution in [2.45, 2.75) is 18.4 Å². The molecular formula is C16H19BrN2O6. The lowest BCUT2D eigenvalue weighted by molar-refractivity contribution is -0.125. The highest BCUT2D eigenvalue weighted by Gasteiger charge is 2.35. The number of nitrogens with one attached hydrogen (secondary N) is 1. The largest absolute Gasteiger partial charge is 0.394 e. The molecule has 9 heteroatoms. The number of carbonyl (C=O) groups excluding carboxylic acids is 3. The van der Waals surface area contributed by atoms with Crippen molar-refractivity contribution >= 4 is 33.7 Å². The Balaban J connectivity index is 1.92. The third-order valence-electron chi connectivity index (χ3n) is 4.03. The van der Waals surface area contributed by atoms with E-state index < -0.39 is 43.1 Å². The number of rotatable bonds is 8. The SMILES string of the molecule is O=C(CCCN1C(=O)c2ccc(Br)cc2C1=O)NC(CO)(CO)CO. The third-order valence-corrected chi connectivity index (χ3v) is 4.52. The van der Waals surface area contributed by atoms with Crippen molar-refractivity contribution in [2.24, 2.45) is 0 Å². The minimum Gasteiger partial charge on any atom is -0.394 e. The summed E-state index contributed by atoms with van der Waals surface area (Å²) >= 11 is 3.26. The number of imide groups is 1. The van der Waals surface area contributed by atoms with Crippen molar-refractivity contribution in [3.63, 3.8) is 0 Å². The highest BCUT2D eigenvalue weighted by atomic mass is 79.9. The first-order valence-corrected chi connectivity index (χ1v) is 8.46. The average molecular weight is 415 g/mol. The van der Waals surface area contributed by atoms with Gasteiger partial charge in [0.25, 0.3) is 11.8 Å². The molecule has 1 aromatic rings. The Morgan fingerprint density at radius 2 is 1.68 bits per heavy atom. The number of nitrogens with zero attached hydrogens (tertiary/aromatic N) is 1. The number of hydrogen-bond donors (Lipinski definition) is 4. The van der Waals surface area contributed by atoms with Gasteiger partial charge in [-0.15, -0.1) is 0 Å². The molecule has 8 nitrogen and oxygen atoms in total. The van der Waals surface area contributed by atoms with Gasteiger partial charge in [-0.3, -0.25) is 19.3 Å². The first-order valence-electron chi connectivity index (χ1n) is 7.67. The fraction of sp³-hybridized carbons (Fsp3) is 0.438. The van der Waals surface area contributed by atoms with Crippen LogP contribution in [0.2, 0.25) is 0 Å². The smallest absolute Gasteiger partial charge is 0.261 e. The van der Waals surface area contributed by atoms with Crippen LogP contribution in [0.4, 0.5) is 0 Å². The highest BCUT2D eigenvalue weighted by Crippen LogP contribution is 2.26. The molecule has 0 saturated heterocycles. The van der Waals surface area contributed by atoms with E-state index in [2.05, 4.69) is 21.2 Å². The molecule has 0 atom stereocenters. The standard InChI is InChI=1S/C16H19BrN2O6/c17-10-3-4-11-12(6-10)15(25)19(14(11)24)5-1-2-13(23)18-16(7-20,8-21)9-22/h3-4,6,20-22H,1-2,5,7-9H2,(H,18,23). The van der Waals surface area contributed by atoms with Crippen LogP contribution >= 0.6 is 15.9 Å². The van der Waals surface area contributed by atoms with Crippen LogP contribution in [0.3, 0.4) is 0 Å². The van der Waals surface area contributed by atoms with Crippen molar-refractivity contribution in [3.8, 4) is 0 Å². The molecule has 4 N–H and O–H groups in total. The second kappa shape index (κ2) is 8.05. The Kier molecular flexibility index (Phi) is 6.28. The normalized spacial score (nSPS) is 14.0. The zero-order valence-electron chi connectivity index (χ0n) is 13.4. The van der Waals surface area contributed by atoms with Gasteiger partial charge in [0.05, 0.1) is 30.9 Å². The summed E-state index contributed by atoms with van der Waals surface area (Å²) in [6, 6.07) is 4.84. The topological polar surface area (TPSA) is 127 Å². The number of halogens is 1. The number of hydrogen-bond acceptors (Lipinski definition) is 6. The van der Waals surface area contributed by atoms with E-state index in [9.17, 15) is 29.7 Å². The lowest BCUT2D eigenvalue weighted by Gasteiger charge is -2.28. The molecule has 136 valence electrons. The fourth-order valence-corrected chi connectivity index (χ4v) is 2.85. The van der Waals surface area contributed by atoms with E-state index >= 15 is 0 Å². The van der Waals surface area contributed by atoms with E-state index in [0.29, 0.717) is 15.6 Å². The summed E-state index contributed by atoms with van der Waals surface area (Å²) in [5.74, 6) is -1.31. The number of amides is 3. The van der Waals surface area contributed by atoms with Crippen LogP contribution in [0.1, 0.15) is 33.6 Å². The summed E-state index contributed by atoms with van der Waals surface area (Å²) in [5, 5.41) is 29.9. The van der Waals surface area contributed by atoms with E-state index in [1.807, 2.05) is 0 Å². The highest BCUT2D eigenvalue weighted by molar-refractivity contribution is 9.10. The third kappa shape index (κ3) is 4.06. The Bertz CT molecular complexity index is 681. The molecule has 0 fully saturated rings. The molecule has 1 aliphatic heterocycles. The second-order valence-electron chi connectivity index (χ2n) is 5.86. The number of aliphatic hydroxyl groups is 3. The van der Waals surface area contributed by atoms with E-state index in [-0.39, 0.29) is 19.4 Å². The van der Waals surface area contributed by atoms with Gasteiger partial charge in [-0.1, -0.05) is 15.9 Å². The van der Waals surface area contributed by atoms with E-state index in [0.717, 1.165) is 4.90 Å². The summed E-state index contributed by atoms with van der Waals surface area (Å²) in [7, 11) is 0. The Morgan fingerprint density at radius 1 is 1.08 bits per heavy atom. The van der Waals surface area contributed by atoms with E-state index in [4.69, 9.17) is 0 Å². The number of aliphatic hydroxyl groups excluding tert-OH is 3. The Labute approximate surface area is 152 Å². The molecule has 1 aromatic carbocycles. The lowest BCUT2D eigenvalue weighted by Crippen LogP contribution is -2.57.